The summed E-state index contributed by atoms with van der Waals surface area (Å²) in [6.07, 6.45) is 29.2. The van der Waals surface area contributed by atoms with Crippen LogP contribution in [0.2, 0.25) is 0 Å². The number of unbranched alkanes of at least 4 members (excludes halogenated alkanes) is 4. The van der Waals surface area contributed by atoms with E-state index in [-0.39, 0.29) is 5.91 Å². The summed E-state index contributed by atoms with van der Waals surface area (Å²) in [6, 6.07) is 0. The fourth-order valence-electron chi connectivity index (χ4n) is 1.82. The van der Waals surface area contributed by atoms with E-state index in [1.807, 2.05) is 36.5 Å². The second kappa shape index (κ2) is 17.2. The highest BCUT2D eigenvalue weighted by Crippen LogP contribution is 2.04. The Morgan fingerprint density at radius 2 is 1.27 bits per heavy atom. The molecule has 0 radical (unpaired) electrons. The van der Waals surface area contributed by atoms with Crippen molar-refractivity contribution in [3.63, 3.8) is 0 Å². The molecule has 22 heavy (non-hydrogen) atoms. The molecule has 0 spiro atoms. The SMILES string of the molecule is CC/C=C/CCCCC/C=C/C=C/C=C/C=C/CCC(N)=O. The Kier molecular flexibility index (Phi) is 15.8. The van der Waals surface area contributed by atoms with Crippen LogP contribution in [0, 0.1) is 0 Å². The minimum atomic E-state index is -0.254. The first-order valence-electron chi connectivity index (χ1n) is 8.35. The summed E-state index contributed by atoms with van der Waals surface area (Å²) in [5.74, 6) is -0.254. The number of hydrogen-bond acceptors (Lipinski definition) is 1. The van der Waals surface area contributed by atoms with E-state index >= 15 is 0 Å². The van der Waals surface area contributed by atoms with E-state index in [9.17, 15) is 4.79 Å². The third-order valence-electron chi connectivity index (χ3n) is 3.03. The summed E-state index contributed by atoms with van der Waals surface area (Å²) in [4.78, 5) is 10.5. The van der Waals surface area contributed by atoms with Crippen molar-refractivity contribution in [2.45, 2.75) is 58.3 Å². The number of primary amides is 1. The van der Waals surface area contributed by atoms with Crippen molar-refractivity contribution >= 4 is 5.91 Å². The smallest absolute Gasteiger partial charge is 0.217 e. The van der Waals surface area contributed by atoms with E-state index < -0.39 is 0 Å². The zero-order chi connectivity index (χ0) is 16.3. The fourth-order valence-corrected chi connectivity index (χ4v) is 1.82. The van der Waals surface area contributed by atoms with Crippen LogP contribution in [-0.2, 0) is 4.79 Å². The van der Waals surface area contributed by atoms with Gasteiger partial charge >= 0.3 is 0 Å². The maximum Gasteiger partial charge on any atom is 0.217 e. The predicted molar refractivity (Wildman–Crippen MR) is 97.5 cm³/mol. The molecular formula is C20H31NO. The van der Waals surface area contributed by atoms with Crippen LogP contribution in [0.25, 0.3) is 0 Å². The molecule has 0 saturated heterocycles. The molecule has 2 heteroatoms. The molecule has 0 fully saturated rings. The highest BCUT2D eigenvalue weighted by atomic mass is 16.1. The minimum Gasteiger partial charge on any atom is -0.370 e. The molecule has 0 saturated carbocycles. The molecule has 0 atom stereocenters. The molecule has 0 aromatic heterocycles. The van der Waals surface area contributed by atoms with Gasteiger partial charge in [-0.15, -0.1) is 0 Å². The highest BCUT2D eigenvalue weighted by molar-refractivity contribution is 5.73. The van der Waals surface area contributed by atoms with Gasteiger partial charge in [-0.05, 0) is 38.5 Å². The van der Waals surface area contributed by atoms with Gasteiger partial charge in [0.2, 0.25) is 5.91 Å². The normalized spacial score (nSPS) is 12.8. The van der Waals surface area contributed by atoms with E-state index in [0.29, 0.717) is 12.8 Å². The largest absolute Gasteiger partial charge is 0.370 e. The first-order chi connectivity index (χ1) is 10.8. The van der Waals surface area contributed by atoms with Crippen molar-refractivity contribution < 1.29 is 4.79 Å². The topological polar surface area (TPSA) is 43.1 Å². The van der Waals surface area contributed by atoms with Crippen LogP contribution in [0.5, 0.6) is 0 Å². The Bertz CT molecular complexity index is 400. The van der Waals surface area contributed by atoms with E-state index in [1.165, 1.54) is 25.7 Å². The monoisotopic (exact) mass is 301 g/mol. The summed E-state index contributed by atoms with van der Waals surface area (Å²) >= 11 is 0. The predicted octanol–water partition coefficient (Wildman–Crippen LogP) is 5.39. The lowest BCUT2D eigenvalue weighted by molar-refractivity contribution is -0.117. The first kappa shape index (κ1) is 20.2. The molecule has 0 aliphatic carbocycles. The molecule has 0 rings (SSSR count). The van der Waals surface area contributed by atoms with Crippen LogP contribution < -0.4 is 5.73 Å². The second-order valence-corrected chi connectivity index (χ2v) is 5.15. The summed E-state index contributed by atoms with van der Waals surface area (Å²) in [6.45, 7) is 2.17. The van der Waals surface area contributed by atoms with Crippen molar-refractivity contribution in [1.82, 2.24) is 0 Å². The van der Waals surface area contributed by atoms with Gasteiger partial charge in [0.1, 0.15) is 0 Å². The Morgan fingerprint density at radius 3 is 1.86 bits per heavy atom. The van der Waals surface area contributed by atoms with Gasteiger partial charge in [0.25, 0.3) is 0 Å². The summed E-state index contributed by atoms with van der Waals surface area (Å²) in [5, 5.41) is 0. The van der Waals surface area contributed by atoms with E-state index in [4.69, 9.17) is 5.73 Å². The molecular weight excluding hydrogens is 270 g/mol. The Balaban J connectivity index is 3.48. The zero-order valence-electron chi connectivity index (χ0n) is 13.9. The standard InChI is InChI=1S/C20H31NO/c1-2-3-4-5-6-7-8-9-10-11-12-13-14-15-16-17-18-19-20(21)22/h3-4,10-17H,2,5-9,18-19H2,1H3,(H2,21,22)/b4-3+,11-10+,13-12+,15-14+,17-16+. The van der Waals surface area contributed by atoms with Crippen LogP contribution in [0.3, 0.4) is 0 Å². The van der Waals surface area contributed by atoms with Crippen molar-refractivity contribution in [2.75, 3.05) is 0 Å². The maximum absolute atomic E-state index is 10.5. The van der Waals surface area contributed by atoms with Gasteiger partial charge in [0, 0.05) is 6.42 Å². The number of rotatable bonds is 13. The van der Waals surface area contributed by atoms with Gasteiger partial charge in [-0.25, -0.2) is 0 Å². The number of carbonyl (C=O) groups excluding carboxylic acids is 1. The quantitative estimate of drug-likeness (QED) is 0.276. The van der Waals surface area contributed by atoms with Crippen LogP contribution in [0.1, 0.15) is 58.3 Å². The van der Waals surface area contributed by atoms with E-state index in [2.05, 4.69) is 31.2 Å². The Morgan fingerprint density at radius 1 is 0.727 bits per heavy atom. The highest BCUT2D eigenvalue weighted by Gasteiger charge is 1.87. The van der Waals surface area contributed by atoms with Gasteiger partial charge in [0.05, 0.1) is 0 Å². The van der Waals surface area contributed by atoms with Gasteiger partial charge in [0.15, 0.2) is 0 Å². The molecule has 0 heterocycles. The minimum absolute atomic E-state index is 0.254. The lowest BCUT2D eigenvalue weighted by atomic mass is 10.1. The third kappa shape index (κ3) is 18.2. The number of amides is 1. The zero-order valence-corrected chi connectivity index (χ0v) is 13.9. The average molecular weight is 301 g/mol. The first-order valence-corrected chi connectivity index (χ1v) is 8.35. The van der Waals surface area contributed by atoms with Gasteiger partial charge < -0.3 is 5.73 Å². The average Bonchev–Trinajstić information content (AvgIpc) is 2.50. The lowest BCUT2D eigenvalue weighted by Crippen LogP contribution is -2.08. The van der Waals surface area contributed by atoms with Crippen molar-refractivity contribution in [1.29, 1.82) is 0 Å². The molecule has 0 aromatic rings. The molecule has 122 valence electrons. The Hall–Kier alpha value is -1.83. The maximum atomic E-state index is 10.5. The van der Waals surface area contributed by atoms with Crippen LogP contribution >= 0.6 is 0 Å². The number of nitrogens with two attached hydrogens (primary N) is 1. The molecule has 0 bridgehead atoms. The van der Waals surface area contributed by atoms with Crippen molar-refractivity contribution in [3.05, 3.63) is 60.8 Å². The molecule has 0 aliphatic heterocycles. The lowest BCUT2D eigenvalue weighted by Gasteiger charge is -1.94. The van der Waals surface area contributed by atoms with Crippen molar-refractivity contribution in [2.24, 2.45) is 5.73 Å². The van der Waals surface area contributed by atoms with Gasteiger partial charge in [-0.2, -0.15) is 0 Å². The van der Waals surface area contributed by atoms with Crippen LogP contribution in [0.4, 0.5) is 0 Å². The fraction of sp³-hybridized carbons (Fsp3) is 0.450. The van der Waals surface area contributed by atoms with Gasteiger partial charge in [-0.1, -0.05) is 74.1 Å². The summed E-state index contributed by atoms with van der Waals surface area (Å²) in [7, 11) is 0. The molecule has 0 unspecified atom stereocenters. The van der Waals surface area contributed by atoms with Gasteiger partial charge in [-0.3, -0.25) is 4.79 Å². The summed E-state index contributed by atoms with van der Waals surface area (Å²) < 4.78 is 0. The van der Waals surface area contributed by atoms with E-state index in [1.54, 1.807) is 0 Å². The summed E-state index contributed by atoms with van der Waals surface area (Å²) in [5.41, 5.74) is 5.05. The molecule has 0 aromatic carbocycles. The number of allylic oxidation sites excluding steroid dienone is 10. The van der Waals surface area contributed by atoms with Crippen LogP contribution in [0.15, 0.2) is 60.8 Å². The van der Waals surface area contributed by atoms with Crippen molar-refractivity contribution in [3.8, 4) is 0 Å². The molecule has 0 aliphatic rings. The van der Waals surface area contributed by atoms with E-state index in [0.717, 1.165) is 12.8 Å². The molecule has 2 N–H and O–H groups in total. The molecule has 1 amide bonds. The Labute approximate surface area is 136 Å². The van der Waals surface area contributed by atoms with Crippen LogP contribution in [-0.4, -0.2) is 5.91 Å². The second-order valence-electron chi connectivity index (χ2n) is 5.15. The number of carbonyl (C=O) groups is 1. The molecule has 2 nitrogen and oxygen atoms in total. The third-order valence-corrected chi connectivity index (χ3v) is 3.03. The number of hydrogen-bond donors (Lipinski definition) is 1.